The van der Waals surface area contributed by atoms with Crippen molar-refractivity contribution in [2.75, 3.05) is 39.8 Å². The number of carbonyl (C=O) groups is 2. The summed E-state index contributed by atoms with van der Waals surface area (Å²) in [4.78, 5) is 28.4. The molecule has 226 valence electrons. The Labute approximate surface area is 249 Å². The second kappa shape index (κ2) is 13.0. The van der Waals surface area contributed by atoms with Crippen LogP contribution < -0.4 is 0 Å². The third-order valence-corrected chi connectivity index (χ3v) is 9.37. The fourth-order valence-corrected chi connectivity index (χ4v) is 6.82. The van der Waals surface area contributed by atoms with E-state index >= 15 is 4.39 Å². The lowest BCUT2D eigenvalue weighted by Gasteiger charge is -2.41. The number of nitrogens with zero attached hydrogens (tertiary/aromatic N) is 3. The van der Waals surface area contributed by atoms with Crippen LogP contribution in [-0.4, -0.2) is 71.7 Å². The van der Waals surface area contributed by atoms with Crippen LogP contribution in [0, 0.1) is 18.8 Å². The van der Waals surface area contributed by atoms with Crippen molar-refractivity contribution in [1.82, 2.24) is 14.4 Å². The summed E-state index contributed by atoms with van der Waals surface area (Å²) in [5.41, 5.74) is 4.41. The van der Waals surface area contributed by atoms with Gasteiger partial charge in [0.1, 0.15) is 5.67 Å². The molecular formula is C35H46FN3O3. The van der Waals surface area contributed by atoms with E-state index < -0.39 is 5.67 Å². The van der Waals surface area contributed by atoms with Crippen molar-refractivity contribution < 1.29 is 18.7 Å². The van der Waals surface area contributed by atoms with Crippen molar-refractivity contribution in [3.8, 4) is 0 Å². The van der Waals surface area contributed by atoms with Crippen LogP contribution in [0.1, 0.15) is 73.1 Å². The molecular weight excluding hydrogens is 529 g/mol. The van der Waals surface area contributed by atoms with E-state index in [0.717, 1.165) is 44.5 Å². The van der Waals surface area contributed by atoms with Crippen LogP contribution in [0.25, 0.3) is 10.9 Å². The Morgan fingerprint density at radius 3 is 2.31 bits per heavy atom. The molecule has 2 aromatic carbocycles. The van der Waals surface area contributed by atoms with E-state index in [0.29, 0.717) is 56.3 Å². The van der Waals surface area contributed by atoms with Gasteiger partial charge in [0, 0.05) is 62.0 Å². The van der Waals surface area contributed by atoms with Gasteiger partial charge in [0.05, 0.1) is 12.7 Å². The van der Waals surface area contributed by atoms with Crippen molar-refractivity contribution in [2.45, 2.75) is 71.5 Å². The number of esters is 1. The summed E-state index contributed by atoms with van der Waals surface area (Å²) < 4.78 is 23.1. The smallest absolute Gasteiger partial charge is 0.337 e. The molecule has 2 saturated heterocycles. The molecule has 0 saturated carbocycles. The first kappa shape index (κ1) is 30.3. The zero-order valence-corrected chi connectivity index (χ0v) is 25.7. The number of benzene rings is 2. The highest BCUT2D eigenvalue weighted by molar-refractivity contribution is 5.89. The summed E-state index contributed by atoms with van der Waals surface area (Å²) in [5.74, 6) is 0.734. The first-order valence-corrected chi connectivity index (χ1v) is 15.6. The van der Waals surface area contributed by atoms with Crippen LogP contribution in [0.5, 0.6) is 0 Å². The number of fused-ring (bicyclic) bond motifs is 1. The maximum atomic E-state index is 15.8. The number of likely N-dealkylation sites (tertiary alicyclic amines) is 2. The van der Waals surface area contributed by atoms with E-state index in [1.807, 2.05) is 29.2 Å². The lowest BCUT2D eigenvalue weighted by Crippen LogP contribution is -2.51. The third-order valence-electron chi connectivity index (χ3n) is 9.37. The minimum absolute atomic E-state index is 0.167. The molecule has 1 amide bonds. The number of halogens is 1. The molecule has 2 fully saturated rings. The predicted octanol–water partition coefficient (Wildman–Crippen LogP) is 6.42. The largest absolute Gasteiger partial charge is 0.465 e. The summed E-state index contributed by atoms with van der Waals surface area (Å²) in [6.07, 6.45) is 4.36. The van der Waals surface area contributed by atoms with Gasteiger partial charge in [-0.15, -0.1) is 0 Å². The molecule has 0 bridgehead atoms. The Balaban J connectivity index is 1.19. The minimum Gasteiger partial charge on any atom is -0.465 e. The minimum atomic E-state index is -1.20. The molecule has 0 spiro atoms. The molecule has 3 aromatic rings. The van der Waals surface area contributed by atoms with Gasteiger partial charge >= 0.3 is 5.97 Å². The Bertz CT molecular complexity index is 1380. The number of carbonyl (C=O) groups excluding carboxylic acids is 2. The van der Waals surface area contributed by atoms with Gasteiger partial charge in [0.25, 0.3) is 0 Å². The van der Waals surface area contributed by atoms with Crippen molar-refractivity contribution >= 4 is 22.8 Å². The number of para-hydroxylation sites is 1. The van der Waals surface area contributed by atoms with E-state index in [2.05, 4.69) is 54.5 Å². The monoisotopic (exact) mass is 575 g/mol. The highest BCUT2D eigenvalue weighted by Gasteiger charge is 2.38. The van der Waals surface area contributed by atoms with Crippen molar-refractivity contribution in [3.63, 3.8) is 0 Å². The molecule has 6 nitrogen and oxygen atoms in total. The number of piperidine rings is 2. The molecule has 0 aliphatic carbocycles. The van der Waals surface area contributed by atoms with Gasteiger partial charge < -0.3 is 19.1 Å². The van der Waals surface area contributed by atoms with Gasteiger partial charge in [-0.25, -0.2) is 9.18 Å². The van der Waals surface area contributed by atoms with Crippen molar-refractivity contribution in [1.29, 1.82) is 0 Å². The third kappa shape index (κ3) is 6.88. The van der Waals surface area contributed by atoms with Gasteiger partial charge in [0.2, 0.25) is 5.91 Å². The van der Waals surface area contributed by atoms with E-state index in [1.54, 1.807) is 0 Å². The van der Waals surface area contributed by atoms with Crippen LogP contribution >= 0.6 is 0 Å². The topological polar surface area (TPSA) is 54.8 Å². The van der Waals surface area contributed by atoms with E-state index in [-0.39, 0.29) is 11.9 Å². The van der Waals surface area contributed by atoms with Gasteiger partial charge in [-0.2, -0.15) is 0 Å². The fraction of sp³-hybridized carbons (Fsp3) is 0.543. The fourth-order valence-electron chi connectivity index (χ4n) is 6.82. The first-order chi connectivity index (χ1) is 20.2. The van der Waals surface area contributed by atoms with Crippen LogP contribution in [0.15, 0.2) is 48.5 Å². The number of rotatable bonds is 9. The van der Waals surface area contributed by atoms with Gasteiger partial charge in [-0.3, -0.25) is 4.79 Å². The predicted molar refractivity (Wildman–Crippen MR) is 166 cm³/mol. The zero-order chi connectivity index (χ0) is 29.9. The van der Waals surface area contributed by atoms with Crippen LogP contribution in [0.4, 0.5) is 4.39 Å². The number of hydrogen-bond donors (Lipinski definition) is 0. The summed E-state index contributed by atoms with van der Waals surface area (Å²) in [5, 5.41) is 1.28. The molecule has 0 unspecified atom stereocenters. The molecule has 7 heteroatoms. The molecule has 42 heavy (non-hydrogen) atoms. The maximum absolute atomic E-state index is 15.8. The van der Waals surface area contributed by atoms with Crippen LogP contribution in [-0.2, 0) is 22.5 Å². The van der Waals surface area contributed by atoms with Gasteiger partial charge in [0.15, 0.2) is 0 Å². The highest BCUT2D eigenvalue weighted by atomic mass is 19.1. The van der Waals surface area contributed by atoms with Crippen LogP contribution in [0.2, 0.25) is 0 Å². The highest BCUT2D eigenvalue weighted by Crippen LogP contribution is 2.33. The van der Waals surface area contributed by atoms with Gasteiger partial charge in [-0.05, 0) is 80.4 Å². The zero-order valence-electron chi connectivity index (χ0n) is 25.7. The molecule has 3 heterocycles. The Morgan fingerprint density at radius 2 is 1.67 bits per heavy atom. The number of methoxy groups -OCH3 is 1. The number of hydrogen-bond acceptors (Lipinski definition) is 4. The summed E-state index contributed by atoms with van der Waals surface area (Å²) in [7, 11) is 1.40. The summed E-state index contributed by atoms with van der Waals surface area (Å²) in [6.45, 7) is 10.7. The maximum Gasteiger partial charge on any atom is 0.337 e. The number of aromatic nitrogens is 1. The van der Waals surface area contributed by atoms with Gasteiger partial charge in [-0.1, -0.05) is 44.2 Å². The second-order valence-electron chi connectivity index (χ2n) is 12.9. The number of amides is 1. The summed E-state index contributed by atoms with van der Waals surface area (Å²) >= 11 is 0. The van der Waals surface area contributed by atoms with E-state index in [4.69, 9.17) is 4.74 Å². The molecule has 2 aliphatic rings. The average molecular weight is 576 g/mol. The molecule has 2 aliphatic heterocycles. The Morgan fingerprint density at radius 1 is 1.00 bits per heavy atom. The molecule has 0 atom stereocenters. The number of alkyl halides is 1. The molecule has 5 rings (SSSR count). The standard InChI is InChI=1S/C35H46FN3O3/c1-25(2)21-33(40)38-19-15-35(36,16-20-38)24-37-17-13-28(14-18-37)23-39-26(3)31(30-7-5-6-8-32(30)39)22-27-9-11-29(12-10-27)34(41)42-4/h5-12,25,28H,13-24H2,1-4H3. The second-order valence-corrected chi connectivity index (χ2v) is 12.9. The van der Waals surface area contributed by atoms with E-state index in [1.165, 1.54) is 29.3 Å². The lowest BCUT2D eigenvalue weighted by molar-refractivity contribution is -0.134. The SMILES string of the molecule is COC(=O)c1ccc(Cc2c(C)n(CC3CCN(CC4(F)CCN(C(=O)CC(C)C)CC4)CC3)c3ccccc23)cc1. The van der Waals surface area contributed by atoms with Crippen molar-refractivity contribution in [2.24, 2.45) is 11.8 Å². The quantitative estimate of drug-likeness (QED) is 0.277. The van der Waals surface area contributed by atoms with Crippen LogP contribution in [0.3, 0.4) is 0 Å². The Kier molecular flexibility index (Phi) is 9.36. The molecule has 0 radical (unpaired) electrons. The molecule has 1 aromatic heterocycles. The Hall–Kier alpha value is -3.19. The lowest BCUT2D eigenvalue weighted by atomic mass is 9.90. The normalized spacial score (nSPS) is 18.1. The van der Waals surface area contributed by atoms with E-state index in [9.17, 15) is 9.59 Å². The summed E-state index contributed by atoms with van der Waals surface area (Å²) in [6, 6.07) is 16.3. The first-order valence-electron chi connectivity index (χ1n) is 15.6. The number of ether oxygens (including phenoxy) is 1. The molecule has 0 N–H and O–H groups in total. The van der Waals surface area contributed by atoms with Crippen molar-refractivity contribution in [3.05, 3.63) is 70.9 Å². The average Bonchev–Trinajstić information content (AvgIpc) is 3.24.